The Morgan fingerprint density at radius 2 is 1.47 bits per heavy atom. The van der Waals surface area contributed by atoms with E-state index in [1.165, 1.54) is 33.5 Å². The van der Waals surface area contributed by atoms with E-state index in [0.717, 1.165) is 11.3 Å². The molecule has 9 heteroatoms. The van der Waals surface area contributed by atoms with Crippen molar-refractivity contribution >= 4 is 15.7 Å². The average Bonchev–Trinajstić information content (AvgIpc) is 3.02. The molecule has 0 fully saturated rings. The van der Waals surface area contributed by atoms with E-state index in [-0.39, 0.29) is 10.6 Å². The molecule has 160 valence electrons. The lowest BCUT2D eigenvalue weighted by molar-refractivity contribution is 0.325. The Balaban J connectivity index is 2.04. The van der Waals surface area contributed by atoms with Crippen LogP contribution in [0.4, 0.5) is 5.69 Å². The van der Waals surface area contributed by atoms with Crippen LogP contribution in [-0.2, 0) is 10.0 Å². The summed E-state index contributed by atoms with van der Waals surface area (Å²) in [5, 5.41) is 4.44. The summed E-state index contributed by atoms with van der Waals surface area (Å²) in [6.07, 6.45) is 0. The molecule has 0 unspecified atom stereocenters. The third-order valence-electron chi connectivity index (χ3n) is 4.69. The summed E-state index contributed by atoms with van der Waals surface area (Å²) < 4.78 is 46.5. The molecule has 0 radical (unpaired) electrons. The van der Waals surface area contributed by atoms with Crippen molar-refractivity contribution in [3.05, 3.63) is 53.3 Å². The minimum absolute atomic E-state index is 0.122. The third-order valence-corrected chi connectivity index (χ3v) is 6.32. The number of ether oxygens (including phenoxy) is 3. The van der Waals surface area contributed by atoms with Gasteiger partial charge in [0, 0.05) is 12.1 Å². The van der Waals surface area contributed by atoms with Gasteiger partial charge in [0.1, 0.15) is 4.90 Å². The first-order valence-electron chi connectivity index (χ1n) is 9.18. The Kier molecular flexibility index (Phi) is 5.93. The van der Waals surface area contributed by atoms with Crippen LogP contribution in [0.15, 0.2) is 41.3 Å². The largest absolute Gasteiger partial charge is 0.493 e. The number of nitrogens with zero attached hydrogens (tertiary/aromatic N) is 2. The van der Waals surface area contributed by atoms with E-state index in [1.54, 1.807) is 18.5 Å². The maximum Gasteiger partial charge on any atom is 0.265 e. The minimum Gasteiger partial charge on any atom is -0.493 e. The van der Waals surface area contributed by atoms with E-state index in [4.69, 9.17) is 14.2 Å². The molecule has 30 heavy (non-hydrogen) atoms. The standard InChI is InChI=1S/C21H25N3O5S/c1-13-7-9-17(10-8-13)24-15(3)21(14(2)22-24)30(25,26)23-16-11-18(27-4)20(29-6)19(12-16)28-5/h7-12,23H,1-6H3. The number of hydrogen-bond acceptors (Lipinski definition) is 6. The monoisotopic (exact) mass is 431 g/mol. The number of aryl methyl sites for hydroxylation is 2. The predicted molar refractivity (Wildman–Crippen MR) is 115 cm³/mol. The van der Waals surface area contributed by atoms with Gasteiger partial charge in [-0.15, -0.1) is 0 Å². The fourth-order valence-electron chi connectivity index (χ4n) is 3.30. The highest BCUT2D eigenvalue weighted by molar-refractivity contribution is 7.92. The van der Waals surface area contributed by atoms with Crippen LogP contribution in [0.25, 0.3) is 5.69 Å². The number of hydrogen-bond donors (Lipinski definition) is 1. The number of methoxy groups -OCH3 is 3. The lowest BCUT2D eigenvalue weighted by Gasteiger charge is -2.15. The number of nitrogens with one attached hydrogen (secondary N) is 1. The fraction of sp³-hybridized carbons (Fsp3) is 0.286. The average molecular weight is 432 g/mol. The maximum absolute atomic E-state index is 13.2. The first-order chi connectivity index (χ1) is 14.2. The highest BCUT2D eigenvalue weighted by atomic mass is 32.2. The summed E-state index contributed by atoms with van der Waals surface area (Å²) in [7, 11) is 0.493. The lowest BCUT2D eigenvalue weighted by Crippen LogP contribution is -2.15. The van der Waals surface area contributed by atoms with Crippen molar-refractivity contribution in [3.63, 3.8) is 0 Å². The van der Waals surface area contributed by atoms with E-state index in [9.17, 15) is 8.42 Å². The lowest BCUT2D eigenvalue weighted by atomic mass is 10.2. The van der Waals surface area contributed by atoms with E-state index >= 15 is 0 Å². The summed E-state index contributed by atoms with van der Waals surface area (Å²) in [6.45, 7) is 5.38. The number of anilines is 1. The zero-order valence-corrected chi connectivity index (χ0v) is 18.6. The number of sulfonamides is 1. The molecule has 0 spiro atoms. The second-order valence-corrected chi connectivity index (χ2v) is 8.39. The van der Waals surface area contributed by atoms with Crippen LogP contribution in [-0.4, -0.2) is 39.5 Å². The van der Waals surface area contributed by atoms with Gasteiger partial charge in [0.2, 0.25) is 5.75 Å². The quantitative estimate of drug-likeness (QED) is 0.614. The van der Waals surface area contributed by atoms with Gasteiger partial charge >= 0.3 is 0 Å². The van der Waals surface area contributed by atoms with E-state index in [0.29, 0.717) is 28.6 Å². The molecule has 1 N–H and O–H groups in total. The summed E-state index contributed by atoms with van der Waals surface area (Å²) in [5.41, 5.74) is 3.09. The van der Waals surface area contributed by atoms with Gasteiger partial charge in [0.25, 0.3) is 10.0 Å². The van der Waals surface area contributed by atoms with E-state index in [2.05, 4.69) is 9.82 Å². The molecular formula is C21H25N3O5S. The molecule has 0 atom stereocenters. The van der Waals surface area contributed by atoms with Gasteiger partial charge in [-0.2, -0.15) is 5.10 Å². The molecule has 0 bridgehead atoms. The Morgan fingerprint density at radius 3 is 1.97 bits per heavy atom. The molecule has 3 rings (SSSR count). The van der Waals surface area contributed by atoms with Gasteiger partial charge < -0.3 is 14.2 Å². The minimum atomic E-state index is -3.92. The Hall–Kier alpha value is -3.20. The zero-order valence-electron chi connectivity index (χ0n) is 17.8. The molecule has 0 aliphatic rings. The topological polar surface area (TPSA) is 91.7 Å². The molecular weight excluding hydrogens is 406 g/mol. The zero-order chi connectivity index (χ0) is 22.1. The molecule has 0 aliphatic heterocycles. The van der Waals surface area contributed by atoms with Crippen molar-refractivity contribution in [3.8, 4) is 22.9 Å². The summed E-state index contributed by atoms with van der Waals surface area (Å²) in [6, 6.07) is 10.8. The van der Waals surface area contributed by atoms with Crippen molar-refractivity contribution < 1.29 is 22.6 Å². The summed E-state index contributed by atoms with van der Waals surface area (Å²) >= 11 is 0. The van der Waals surface area contributed by atoms with Crippen molar-refractivity contribution in [1.29, 1.82) is 0 Å². The highest BCUT2D eigenvalue weighted by Crippen LogP contribution is 2.40. The van der Waals surface area contributed by atoms with Crippen LogP contribution in [0.5, 0.6) is 17.2 Å². The Morgan fingerprint density at radius 1 is 0.900 bits per heavy atom. The summed E-state index contributed by atoms with van der Waals surface area (Å²) in [4.78, 5) is 0.122. The van der Waals surface area contributed by atoms with E-state index < -0.39 is 10.0 Å². The maximum atomic E-state index is 13.2. The van der Waals surface area contributed by atoms with Gasteiger partial charge in [-0.3, -0.25) is 4.72 Å². The third kappa shape index (κ3) is 3.93. The molecule has 0 saturated carbocycles. The molecule has 1 heterocycles. The second-order valence-electron chi connectivity index (χ2n) is 6.77. The molecule has 0 saturated heterocycles. The number of benzene rings is 2. The fourth-order valence-corrected chi connectivity index (χ4v) is 4.74. The molecule has 0 aliphatic carbocycles. The molecule has 8 nitrogen and oxygen atoms in total. The smallest absolute Gasteiger partial charge is 0.265 e. The van der Waals surface area contributed by atoms with Crippen molar-refractivity contribution in [1.82, 2.24) is 9.78 Å². The van der Waals surface area contributed by atoms with Crippen LogP contribution in [0, 0.1) is 20.8 Å². The SMILES string of the molecule is COc1cc(NS(=O)(=O)c2c(C)nn(-c3ccc(C)cc3)c2C)cc(OC)c1OC. The predicted octanol–water partition coefficient (Wildman–Crippen LogP) is 3.62. The first-order valence-corrected chi connectivity index (χ1v) is 10.7. The highest BCUT2D eigenvalue weighted by Gasteiger charge is 2.26. The van der Waals surface area contributed by atoms with Crippen LogP contribution in [0.3, 0.4) is 0 Å². The molecule has 3 aromatic rings. The number of aromatic nitrogens is 2. The Labute approximate surface area is 176 Å². The van der Waals surface area contributed by atoms with Gasteiger partial charge in [0.05, 0.1) is 44.1 Å². The van der Waals surface area contributed by atoms with Crippen LogP contribution in [0.2, 0.25) is 0 Å². The van der Waals surface area contributed by atoms with Crippen LogP contribution in [0.1, 0.15) is 17.0 Å². The van der Waals surface area contributed by atoms with Gasteiger partial charge in [-0.1, -0.05) is 17.7 Å². The van der Waals surface area contributed by atoms with Crippen LogP contribution < -0.4 is 18.9 Å². The summed E-state index contributed by atoms with van der Waals surface area (Å²) in [5.74, 6) is 1.07. The van der Waals surface area contributed by atoms with E-state index in [1.807, 2.05) is 31.2 Å². The molecule has 1 aromatic heterocycles. The van der Waals surface area contributed by atoms with Crippen molar-refractivity contribution in [2.24, 2.45) is 0 Å². The molecule has 0 amide bonds. The Bertz CT molecular complexity index is 1140. The van der Waals surface area contributed by atoms with Gasteiger partial charge in [0.15, 0.2) is 11.5 Å². The molecule has 2 aromatic carbocycles. The van der Waals surface area contributed by atoms with Gasteiger partial charge in [-0.05, 0) is 32.9 Å². The van der Waals surface area contributed by atoms with Crippen LogP contribution >= 0.6 is 0 Å². The van der Waals surface area contributed by atoms with Crippen molar-refractivity contribution in [2.45, 2.75) is 25.7 Å². The number of rotatable bonds is 7. The van der Waals surface area contributed by atoms with Crippen molar-refractivity contribution in [2.75, 3.05) is 26.1 Å². The second kappa shape index (κ2) is 8.27. The normalized spacial score (nSPS) is 11.3. The van der Waals surface area contributed by atoms with Gasteiger partial charge in [-0.25, -0.2) is 13.1 Å². The first kappa shape index (κ1) is 21.5.